The SMILES string of the molecule is O=C(Cc1c[nH]c2ccccc12)N1CCC(N(Cc2ccccc2)C2CCOCC2)CC1. The van der Waals surface area contributed by atoms with Gasteiger partial charge in [0.25, 0.3) is 0 Å². The van der Waals surface area contributed by atoms with Gasteiger partial charge in [-0.1, -0.05) is 48.5 Å². The van der Waals surface area contributed by atoms with E-state index in [9.17, 15) is 4.79 Å². The van der Waals surface area contributed by atoms with Gasteiger partial charge in [0.15, 0.2) is 0 Å². The van der Waals surface area contributed by atoms with Crippen LogP contribution < -0.4 is 0 Å². The second kappa shape index (κ2) is 9.88. The fraction of sp³-hybridized carbons (Fsp3) is 0.444. The highest BCUT2D eigenvalue weighted by molar-refractivity contribution is 5.88. The number of rotatable bonds is 6. The highest BCUT2D eigenvalue weighted by Gasteiger charge is 2.32. The Kier molecular flexibility index (Phi) is 6.56. The topological polar surface area (TPSA) is 48.6 Å². The van der Waals surface area contributed by atoms with Crippen LogP contribution in [0.4, 0.5) is 0 Å². The van der Waals surface area contributed by atoms with Crippen molar-refractivity contribution in [2.75, 3.05) is 26.3 Å². The number of hydrogen-bond acceptors (Lipinski definition) is 3. The van der Waals surface area contributed by atoms with Crippen molar-refractivity contribution < 1.29 is 9.53 Å². The van der Waals surface area contributed by atoms with Gasteiger partial charge in [-0.2, -0.15) is 0 Å². The molecular weight excluding hydrogens is 398 g/mol. The van der Waals surface area contributed by atoms with Crippen molar-refractivity contribution in [3.05, 3.63) is 71.9 Å². The molecule has 0 radical (unpaired) electrons. The standard InChI is InChI=1S/C27H33N3O2/c31-27(18-22-19-28-26-9-5-4-8-25(22)26)29-14-10-23(11-15-29)30(24-12-16-32-17-13-24)20-21-6-2-1-3-7-21/h1-9,19,23-24,28H,10-18,20H2. The van der Waals surface area contributed by atoms with Crippen LogP contribution in [0.25, 0.3) is 10.9 Å². The van der Waals surface area contributed by atoms with Crippen molar-refractivity contribution in [2.45, 2.75) is 50.7 Å². The maximum Gasteiger partial charge on any atom is 0.227 e. The lowest BCUT2D eigenvalue weighted by molar-refractivity contribution is -0.132. The molecule has 2 saturated heterocycles. The van der Waals surface area contributed by atoms with Crippen LogP contribution in [0.5, 0.6) is 0 Å². The third kappa shape index (κ3) is 4.74. The van der Waals surface area contributed by atoms with Crippen molar-refractivity contribution in [1.29, 1.82) is 0 Å². The number of aromatic amines is 1. The Morgan fingerprint density at radius 2 is 1.62 bits per heavy atom. The van der Waals surface area contributed by atoms with Gasteiger partial charge < -0.3 is 14.6 Å². The summed E-state index contributed by atoms with van der Waals surface area (Å²) in [6.45, 7) is 4.40. The second-order valence-corrected chi connectivity index (χ2v) is 9.15. The quantitative estimate of drug-likeness (QED) is 0.630. The summed E-state index contributed by atoms with van der Waals surface area (Å²) in [6.07, 6.45) is 6.76. The van der Waals surface area contributed by atoms with Gasteiger partial charge in [0.05, 0.1) is 6.42 Å². The molecule has 2 aliphatic heterocycles. The molecule has 0 atom stereocenters. The molecular formula is C27H33N3O2. The number of likely N-dealkylation sites (tertiary alicyclic amines) is 1. The highest BCUT2D eigenvalue weighted by atomic mass is 16.5. The molecule has 32 heavy (non-hydrogen) atoms. The Balaban J connectivity index is 1.22. The monoisotopic (exact) mass is 431 g/mol. The highest BCUT2D eigenvalue weighted by Crippen LogP contribution is 2.27. The van der Waals surface area contributed by atoms with Crippen LogP contribution in [0.15, 0.2) is 60.8 Å². The van der Waals surface area contributed by atoms with E-state index >= 15 is 0 Å². The summed E-state index contributed by atoms with van der Waals surface area (Å²) in [5, 5.41) is 1.16. The van der Waals surface area contributed by atoms with Gasteiger partial charge in [-0.25, -0.2) is 0 Å². The molecule has 0 saturated carbocycles. The molecule has 0 aliphatic carbocycles. The molecule has 5 heteroatoms. The van der Waals surface area contributed by atoms with Gasteiger partial charge in [0.2, 0.25) is 5.91 Å². The van der Waals surface area contributed by atoms with Crippen molar-refractivity contribution >= 4 is 16.8 Å². The van der Waals surface area contributed by atoms with E-state index in [1.54, 1.807) is 0 Å². The van der Waals surface area contributed by atoms with Gasteiger partial charge in [-0.15, -0.1) is 0 Å². The number of nitrogens with zero attached hydrogens (tertiary/aromatic N) is 2. The maximum absolute atomic E-state index is 13.1. The number of ether oxygens (including phenoxy) is 1. The summed E-state index contributed by atoms with van der Waals surface area (Å²) in [5.41, 5.74) is 3.57. The summed E-state index contributed by atoms with van der Waals surface area (Å²) in [4.78, 5) is 21.1. The van der Waals surface area contributed by atoms with E-state index in [0.29, 0.717) is 18.5 Å². The molecule has 168 valence electrons. The Labute approximate surface area is 190 Å². The Bertz CT molecular complexity index is 1020. The lowest BCUT2D eigenvalue weighted by atomic mass is 9.96. The normalized spacial score (nSPS) is 18.5. The molecule has 0 unspecified atom stereocenters. The molecule has 1 aromatic heterocycles. The number of carbonyl (C=O) groups is 1. The predicted octanol–water partition coefficient (Wildman–Crippen LogP) is 4.38. The minimum Gasteiger partial charge on any atom is -0.381 e. The largest absolute Gasteiger partial charge is 0.381 e. The molecule has 3 heterocycles. The Morgan fingerprint density at radius 1 is 0.938 bits per heavy atom. The lowest BCUT2D eigenvalue weighted by Gasteiger charge is -2.43. The molecule has 2 aliphatic rings. The number of nitrogens with one attached hydrogen (secondary N) is 1. The zero-order chi connectivity index (χ0) is 21.8. The number of benzene rings is 2. The van der Waals surface area contributed by atoms with E-state index < -0.39 is 0 Å². The molecule has 1 amide bonds. The summed E-state index contributed by atoms with van der Waals surface area (Å²) in [6, 6.07) is 20.1. The Morgan fingerprint density at radius 3 is 2.41 bits per heavy atom. The average molecular weight is 432 g/mol. The van der Waals surface area contributed by atoms with Gasteiger partial charge in [-0.3, -0.25) is 9.69 Å². The summed E-state index contributed by atoms with van der Waals surface area (Å²) < 4.78 is 5.63. The van der Waals surface area contributed by atoms with Crippen molar-refractivity contribution in [2.24, 2.45) is 0 Å². The Hall–Kier alpha value is -2.63. The molecule has 2 fully saturated rings. The first kappa shape index (κ1) is 21.2. The lowest BCUT2D eigenvalue weighted by Crippen LogP contribution is -2.51. The number of hydrogen-bond donors (Lipinski definition) is 1. The molecule has 3 aromatic rings. The summed E-state index contributed by atoms with van der Waals surface area (Å²) in [5.74, 6) is 0.244. The number of amides is 1. The third-order valence-electron chi connectivity index (χ3n) is 7.17. The minimum absolute atomic E-state index is 0.244. The van der Waals surface area contributed by atoms with Crippen LogP contribution in [0.3, 0.4) is 0 Å². The van der Waals surface area contributed by atoms with Crippen LogP contribution >= 0.6 is 0 Å². The smallest absolute Gasteiger partial charge is 0.227 e. The second-order valence-electron chi connectivity index (χ2n) is 9.15. The minimum atomic E-state index is 0.244. The fourth-order valence-electron chi connectivity index (χ4n) is 5.37. The van der Waals surface area contributed by atoms with Crippen molar-refractivity contribution in [3.8, 4) is 0 Å². The van der Waals surface area contributed by atoms with Crippen LogP contribution in [0.1, 0.15) is 36.8 Å². The molecule has 5 rings (SSSR count). The van der Waals surface area contributed by atoms with Gasteiger partial charge >= 0.3 is 0 Å². The zero-order valence-electron chi connectivity index (χ0n) is 18.7. The molecule has 2 aromatic carbocycles. The molecule has 0 bridgehead atoms. The van der Waals surface area contributed by atoms with Gasteiger partial charge in [0, 0.05) is 62.0 Å². The van der Waals surface area contributed by atoms with E-state index in [4.69, 9.17) is 4.74 Å². The fourth-order valence-corrected chi connectivity index (χ4v) is 5.37. The van der Waals surface area contributed by atoms with E-state index in [0.717, 1.165) is 75.0 Å². The summed E-state index contributed by atoms with van der Waals surface area (Å²) >= 11 is 0. The van der Waals surface area contributed by atoms with E-state index in [2.05, 4.69) is 57.2 Å². The van der Waals surface area contributed by atoms with Crippen molar-refractivity contribution in [3.63, 3.8) is 0 Å². The average Bonchev–Trinajstić information content (AvgIpc) is 3.26. The molecule has 0 spiro atoms. The first-order chi connectivity index (χ1) is 15.8. The van der Waals surface area contributed by atoms with Crippen LogP contribution in [-0.4, -0.2) is 59.1 Å². The number of aromatic nitrogens is 1. The number of fused-ring (bicyclic) bond motifs is 1. The molecule has 1 N–H and O–H groups in total. The first-order valence-corrected chi connectivity index (χ1v) is 12.0. The van der Waals surface area contributed by atoms with Gasteiger partial charge in [-0.05, 0) is 42.9 Å². The number of para-hydroxylation sites is 1. The van der Waals surface area contributed by atoms with Crippen LogP contribution in [0.2, 0.25) is 0 Å². The molecule has 5 nitrogen and oxygen atoms in total. The first-order valence-electron chi connectivity index (χ1n) is 12.0. The summed E-state index contributed by atoms with van der Waals surface area (Å²) in [7, 11) is 0. The van der Waals surface area contributed by atoms with Crippen molar-refractivity contribution in [1.82, 2.24) is 14.8 Å². The predicted molar refractivity (Wildman–Crippen MR) is 127 cm³/mol. The van der Waals surface area contributed by atoms with Crippen LogP contribution in [-0.2, 0) is 22.5 Å². The maximum atomic E-state index is 13.1. The third-order valence-corrected chi connectivity index (χ3v) is 7.17. The van der Waals surface area contributed by atoms with Crippen LogP contribution in [0, 0.1) is 0 Å². The zero-order valence-corrected chi connectivity index (χ0v) is 18.7. The van der Waals surface area contributed by atoms with E-state index in [-0.39, 0.29) is 5.91 Å². The van der Waals surface area contributed by atoms with Gasteiger partial charge in [0.1, 0.15) is 0 Å². The number of H-pyrrole nitrogens is 1. The number of carbonyl (C=O) groups excluding carboxylic acids is 1. The number of piperidine rings is 1. The van der Waals surface area contributed by atoms with E-state index in [1.807, 2.05) is 18.3 Å². The van der Waals surface area contributed by atoms with E-state index in [1.165, 1.54) is 5.56 Å².